The Hall–Kier alpha value is -8.06. The minimum absolute atomic E-state index is 0.147. The van der Waals surface area contributed by atoms with Crippen molar-refractivity contribution < 1.29 is 0 Å². The van der Waals surface area contributed by atoms with Gasteiger partial charge in [0.1, 0.15) is 0 Å². The minimum Gasteiger partial charge on any atom is -0.0610 e. The average Bonchev–Trinajstić information content (AvgIpc) is 3.75. The lowest BCUT2D eigenvalue weighted by molar-refractivity contribution is 0.660. The van der Waals surface area contributed by atoms with E-state index in [1.54, 1.807) is 0 Å². The van der Waals surface area contributed by atoms with Crippen LogP contribution < -0.4 is 0 Å². The Balaban J connectivity index is 0.742. The first-order valence-electron chi connectivity index (χ1n) is 24.2. The molecule has 0 unspecified atom stereocenters. The molecule has 0 fully saturated rings. The van der Waals surface area contributed by atoms with E-state index in [4.69, 9.17) is 0 Å². The molecule has 2 aliphatic rings. The molecule has 0 atom stereocenters. The van der Waals surface area contributed by atoms with Crippen molar-refractivity contribution in [3.05, 3.63) is 229 Å². The maximum absolute atomic E-state index is 2.48. The van der Waals surface area contributed by atoms with Crippen molar-refractivity contribution in [3.8, 4) is 66.8 Å². The van der Waals surface area contributed by atoms with Crippen LogP contribution in [0.15, 0.2) is 206 Å². The summed E-state index contributed by atoms with van der Waals surface area (Å²) in [6.07, 6.45) is 0. The summed E-state index contributed by atoms with van der Waals surface area (Å²) in [5.74, 6) is 0. The van der Waals surface area contributed by atoms with Crippen molar-refractivity contribution in [2.24, 2.45) is 0 Å². The molecule has 0 amide bonds. The van der Waals surface area contributed by atoms with Gasteiger partial charge in [0.2, 0.25) is 0 Å². The van der Waals surface area contributed by atoms with E-state index in [9.17, 15) is 0 Å². The fourth-order valence-corrected chi connectivity index (χ4v) is 13.0. The zero-order chi connectivity index (χ0) is 45.2. The zero-order valence-corrected chi connectivity index (χ0v) is 38.6. The van der Waals surface area contributed by atoms with Crippen LogP contribution in [-0.4, -0.2) is 0 Å². The highest BCUT2D eigenvalue weighted by Gasteiger charge is 2.38. The SMILES string of the molecule is CC1(C)c2cc(-c3ccc(-c4ccc5ccc6cccc7ccc4c5c67)cc3)ccc2-c2ccc(-c3ccc4c(c3)C(C)(C)c3cc(-c5ccc6ccc7cccc8ccc5c6c78)ccc3-4)cc21. The maximum atomic E-state index is 2.48. The molecule has 0 spiro atoms. The lowest BCUT2D eigenvalue weighted by atomic mass is 9.79. The van der Waals surface area contributed by atoms with Crippen LogP contribution in [0.3, 0.4) is 0 Å². The molecular formula is C68H46. The Kier molecular flexibility index (Phi) is 7.45. The quantitative estimate of drug-likeness (QED) is 0.155. The molecule has 0 N–H and O–H groups in total. The second-order valence-electron chi connectivity index (χ2n) is 20.8. The van der Waals surface area contributed by atoms with Crippen molar-refractivity contribution in [1.82, 2.24) is 0 Å². The summed E-state index contributed by atoms with van der Waals surface area (Å²) >= 11 is 0. The molecule has 0 radical (unpaired) electrons. The van der Waals surface area contributed by atoms with Gasteiger partial charge in [-0.3, -0.25) is 0 Å². The Morgan fingerprint density at radius 3 is 0.926 bits per heavy atom. The van der Waals surface area contributed by atoms with E-state index >= 15 is 0 Å². The molecule has 0 saturated heterocycles. The highest BCUT2D eigenvalue weighted by Crippen LogP contribution is 2.54. The first kappa shape index (κ1) is 38.1. The van der Waals surface area contributed by atoms with Gasteiger partial charge in [0.05, 0.1) is 0 Å². The summed E-state index contributed by atoms with van der Waals surface area (Å²) in [5.41, 5.74) is 20.8. The monoisotopic (exact) mass is 862 g/mol. The van der Waals surface area contributed by atoms with E-state index in [1.165, 1.54) is 154 Å². The summed E-state index contributed by atoms with van der Waals surface area (Å²) < 4.78 is 0. The molecule has 13 aromatic rings. The summed E-state index contributed by atoms with van der Waals surface area (Å²) in [4.78, 5) is 0. The Morgan fingerprint density at radius 1 is 0.221 bits per heavy atom. The topological polar surface area (TPSA) is 0 Å². The van der Waals surface area contributed by atoms with E-state index < -0.39 is 0 Å². The number of rotatable bonds is 4. The molecule has 0 heterocycles. The van der Waals surface area contributed by atoms with Crippen molar-refractivity contribution >= 4 is 64.6 Å². The predicted octanol–water partition coefficient (Wildman–Crippen LogP) is 18.8. The molecular weight excluding hydrogens is 817 g/mol. The molecule has 2 aliphatic carbocycles. The second-order valence-corrected chi connectivity index (χ2v) is 20.8. The molecule has 0 saturated carbocycles. The summed E-state index contributed by atoms with van der Waals surface area (Å²) in [5, 5.41) is 15.9. The summed E-state index contributed by atoms with van der Waals surface area (Å²) in [6, 6.07) is 78.8. The third kappa shape index (κ3) is 5.10. The Labute approximate surface area is 396 Å². The van der Waals surface area contributed by atoms with Crippen molar-refractivity contribution in [3.63, 3.8) is 0 Å². The van der Waals surface area contributed by atoms with E-state index in [1.807, 2.05) is 0 Å². The van der Waals surface area contributed by atoms with Gasteiger partial charge >= 0.3 is 0 Å². The summed E-state index contributed by atoms with van der Waals surface area (Å²) in [6.45, 7) is 9.64. The van der Waals surface area contributed by atoms with Gasteiger partial charge in [0.15, 0.2) is 0 Å². The van der Waals surface area contributed by atoms with Gasteiger partial charge in [-0.25, -0.2) is 0 Å². The molecule has 0 heteroatoms. The van der Waals surface area contributed by atoms with Crippen LogP contribution in [0.4, 0.5) is 0 Å². The van der Waals surface area contributed by atoms with Crippen LogP contribution in [0.25, 0.3) is 131 Å². The summed E-state index contributed by atoms with van der Waals surface area (Å²) in [7, 11) is 0. The molecule has 68 heavy (non-hydrogen) atoms. The molecule has 0 nitrogen and oxygen atoms in total. The van der Waals surface area contributed by atoms with Crippen LogP contribution in [0.5, 0.6) is 0 Å². The molecule has 0 aliphatic heterocycles. The van der Waals surface area contributed by atoms with Crippen molar-refractivity contribution in [2.75, 3.05) is 0 Å². The van der Waals surface area contributed by atoms with Crippen LogP contribution in [0.2, 0.25) is 0 Å². The lowest BCUT2D eigenvalue weighted by Gasteiger charge is -2.24. The van der Waals surface area contributed by atoms with E-state index in [0.717, 1.165) is 0 Å². The second kappa shape index (κ2) is 13.3. The van der Waals surface area contributed by atoms with E-state index in [2.05, 4.69) is 234 Å². The smallest absolute Gasteiger partial charge is 0.0159 e. The van der Waals surface area contributed by atoms with Gasteiger partial charge in [-0.15, -0.1) is 0 Å². The van der Waals surface area contributed by atoms with Crippen molar-refractivity contribution in [2.45, 2.75) is 38.5 Å². The predicted molar refractivity (Wildman–Crippen MR) is 291 cm³/mol. The van der Waals surface area contributed by atoms with Gasteiger partial charge in [-0.05, 0) is 178 Å². The normalized spacial score (nSPS) is 14.4. The van der Waals surface area contributed by atoms with Gasteiger partial charge in [-0.2, -0.15) is 0 Å². The standard InChI is InChI=1S/C68H46/c1-67(2)59-35-47(39-11-13-40(14-12-39)51-27-19-45-17-15-41-7-5-9-43-21-33-57(51)65(45)63(41)43)23-29-53(59)54-30-24-48(36-60(54)67)49-25-31-55-56-32-26-50(38-62(56)68(3,4)61(55)37-49)52-28-20-46-18-16-42-8-6-10-44-22-34-58(52)66(46)64(42)44/h5-38H,1-4H3. The Morgan fingerprint density at radius 2 is 0.500 bits per heavy atom. The molecule has 13 aromatic carbocycles. The van der Waals surface area contributed by atoms with Gasteiger partial charge in [0.25, 0.3) is 0 Å². The molecule has 0 aromatic heterocycles. The van der Waals surface area contributed by atoms with Gasteiger partial charge in [0, 0.05) is 10.8 Å². The molecule has 15 rings (SSSR count). The van der Waals surface area contributed by atoms with Crippen molar-refractivity contribution in [1.29, 1.82) is 0 Å². The van der Waals surface area contributed by atoms with Gasteiger partial charge < -0.3 is 0 Å². The number of hydrogen-bond donors (Lipinski definition) is 0. The maximum Gasteiger partial charge on any atom is 0.0159 e. The molecule has 0 bridgehead atoms. The van der Waals surface area contributed by atoms with E-state index in [0.29, 0.717) is 0 Å². The average molecular weight is 863 g/mol. The third-order valence-electron chi connectivity index (χ3n) is 16.6. The highest BCUT2D eigenvalue weighted by atomic mass is 14.4. The number of benzene rings is 13. The zero-order valence-electron chi connectivity index (χ0n) is 38.6. The minimum atomic E-state index is -0.150. The Bertz CT molecular complexity index is 4260. The lowest BCUT2D eigenvalue weighted by Crippen LogP contribution is -2.15. The van der Waals surface area contributed by atoms with E-state index in [-0.39, 0.29) is 10.8 Å². The molecule has 318 valence electrons. The van der Waals surface area contributed by atoms with Crippen LogP contribution in [-0.2, 0) is 10.8 Å². The third-order valence-corrected chi connectivity index (χ3v) is 16.6. The fraction of sp³-hybridized carbons (Fsp3) is 0.0882. The first-order valence-corrected chi connectivity index (χ1v) is 24.2. The fourth-order valence-electron chi connectivity index (χ4n) is 13.0. The largest absolute Gasteiger partial charge is 0.0610 e. The highest BCUT2D eigenvalue weighted by molar-refractivity contribution is 6.26. The van der Waals surface area contributed by atoms with Crippen LogP contribution in [0.1, 0.15) is 49.9 Å². The van der Waals surface area contributed by atoms with Crippen LogP contribution in [0, 0.1) is 0 Å². The number of hydrogen-bond acceptors (Lipinski definition) is 0. The number of fused-ring (bicyclic) bond motifs is 6. The van der Waals surface area contributed by atoms with Crippen LogP contribution >= 0.6 is 0 Å². The first-order chi connectivity index (χ1) is 33.2. The van der Waals surface area contributed by atoms with Gasteiger partial charge in [-0.1, -0.05) is 210 Å².